The van der Waals surface area contributed by atoms with Crippen LogP contribution in [-0.2, 0) is 4.74 Å². The summed E-state index contributed by atoms with van der Waals surface area (Å²) in [6.07, 6.45) is 0. The van der Waals surface area contributed by atoms with Crippen LogP contribution in [0.1, 0.15) is 38.0 Å². The van der Waals surface area contributed by atoms with E-state index < -0.39 is 23.1 Å². The van der Waals surface area contributed by atoms with Gasteiger partial charge in [0.05, 0.1) is 5.56 Å². The summed E-state index contributed by atoms with van der Waals surface area (Å²) in [6, 6.07) is 14.8. The molecule has 0 heterocycles. The highest BCUT2D eigenvalue weighted by Gasteiger charge is 2.52. The summed E-state index contributed by atoms with van der Waals surface area (Å²) < 4.78 is 5.25. The number of esters is 1. The third kappa shape index (κ3) is 1.96. The van der Waals surface area contributed by atoms with Crippen LogP contribution in [0.5, 0.6) is 0 Å². The van der Waals surface area contributed by atoms with Crippen LogP contribution in [-0.4, -0.2) is 23.1 Å². The standard InChI is InChI=1S/C17H12O4/c1-17(21-16(20)11-7-3-2-4-8-11)14(18)12-9-5-6-10-13(12)15(17)19/h2-10H,1H3. The lowest BCUT2D eigenvalue weighted by Crippen LogP contribution is -2.42. The van der Waals surface area contributed by atoms with Gasteiger partial charge >= 0.3 is 5.97 Å². The van der Waals surface area contributed by atoms with Crippen LogP contribution >= 0.6 is 0 Å². The van der Waals surface area contributed by atoms with Crippen molar-refractivity contribution in [3.63, 3.8) is 0 Å². The fourth-order valence-corrected chi connectivity index (χ4v) is 2.41. The molecule has 2 aromatic rings. The number of benzene rings is 2. The van der Waals surface area contributed by atoms with Crippen LogP contribution in [0.4, 0.5) is 0 Å². The van der Waals surface area contributed by atoms with Gasteiger partial charge < -0.3 is 4.74 Å². The number of ether oxygens (including phenoxy) is 1. The zero-order valence-electron chi connectivity index (χ0n) is 11.3. The number of carbonyl (C=O) groups excluding carboxylic acids is 3. The largest absolute Gasteiger partial charge is 0.439 e. The number of hydrogen-bond acceptors (Lipinski definition) is 4. The van der Waals surface area contributed by atoms with E-state index in [4.69, 9.17) is 4.74 Å². The molecule has 0 amide bonds. The molecule has 4 heteroatoms. The van der Waals surface area contributed by atoms with E-state index in [1.165, 1.54) is 6.92 Å². The maximum Gasteiger partial charge on any atom is 0.339 e. The van der Waals surface area contributed by atoms with Crippen molar-refractivity contribution in [3.8, 4) is 0 Å². The van der Waals surface area contributed by atoms with E-state index in [0.29, 0.717) is 16.7 Å². The maximum absolute atomic E-state index is 12.4. The minimum atomic E-state index is -1.78. The predicted molar refractivity (Wildman–Crippen MR) is 75.4 cm³/mol. The fraction of sp³-hybridized carbons (Fsp3) is 0.118. The average Bonchev–Trinajstić information content (AvgIpc) is 2.71. The monoisotopic (exact) mass is 280 g/mol. The van der Waals surface area contributed by atoms with E-state index in [2.05, 4.69) is 0 Å². The molecule has 0 saturated heterocycles. The number of fused-ring (bicyclic) bond motifs is 1. The molecule has 0 fully saturated rings. The van der Waals surface area contributed by atoms with E-state index >= 15 is 0 Å². The van der Waals surface area contributed by atoms with Crippen molar-refractivity contribution in [3.05, 3.63) is 71.3 Å². The lowest BCUT2D eigenvalue weighted by Gasteiger charge is -2.21. The first-order chi connectivity index (χ1) is 10.0. The van der Waals surface area contributed by atoms with Crippen LogP contribution in [0.15, 0.2) is 54.6 Å². The average molecular weight is 280 g/mol. The zero-order valence-corrected chi connectivity index (χ0v) is 11.3. The minimum Gasteiger partial charge on any atom is -0.439 e. The first-order valence-corrected chi connectivity index (χ1v) is 6.51. The van der Waals surface area contributed by atoms with Crippen molar-refractivity contribution in [1.29, 1.82) is 0 Å². The van der Waals surface area contributed by atoms with Gasteiger partial charge in [-0.2, -0.15) is 0 Å². The van der Waals surface area contributed by atoms with Gasteiger partial charge in [0, 0.05) is 11.1 Å². The number of carbonyl (C=O) groups is 3. The molecule has 1 aliphatic rings. The van der Waals surface area contributed by atoms with Crippen molar-refractivity contribution >= 4 is 17.5 Å². The first-order valence-electron chi connectivity index (χ1n) is 6.51. The molecule has 3 rings (SSSR count). The molecule has 0 atom stereocenters. The third-order valence-electron chi connectivity index (χ3n) is 3.59. The van der Waals surface area contributed by atoms with Crippen molar-refractivity contribution < 1.29 is 19.1 Å². The predicted octanol–water partition coefficient (Wildman–Crippen LogP) is 2.68. The van der Waals surface area contributed by atoms with E-state index in [0.717, 1.165) is 0 Å². The first kappa shape index (κ1) is 13.2. The van der Waals surface area contributed by atoms with Gasteiger partial charge in [0.1, 0.15) is 0 Å². The summed E-state index contributed by atoms with van der Waals surface area (Å²) in [5.74, 6) is -1.65. The maximum atomic E-state index is 12.4. The molecule has 0 spiro atoms. The highest BCUT2D eigenvalue weighted by molar-refractivity contribution is 6.32. The molecule has 0 radical (unpaired) electrons. The number of rotatable bonds is 2. The summed E-state index contributed by atoms with van der Waals surface area (Å²) in [5, 5.41) is 0. The van der Waals surface area contributed by atoms with E-state index in [1.807, 2.05) is 0 Å². The second kappa shape index (κ2) is 4.66. The Bertz CT molecular complexity index is 711. The van der Waals surface area contributed by atoms with Gasteiger partial charge in [-0.05, 0) is 19.1 Å². The molecular formula is C17H12O4. The molecular weight excluding hydrogens is 268 g/mol. The third-order valence-corrected chi connectivity index (χ3v) is 3.59. The Kier molecular flexibility index (Phi) is 2.94. The molecule has 0 N–H and O–H groups in total. The molecule has 0 saturated carbocycles. The second-order valence-electron chi connectivity index (χ2n) is 4.99. The Morgan fingerprint density at radius 3 is 1.86 bits per heavy atom. The lowest BCUT2D eigenvalue weighted by molar-refractivity contribution is 0.00412. The molecule has 0 aliphatic heterocycles. The van der Waals surface area contributed by atoms with Gasteiger partial charge in [-0.15, -0.1) is 0 Å². The van der Waals surface area contributed by atoms with Crippen LogP contribution in [0.2, 0.25) is 0 Å². The highest BCUT2D eigenvalue weighted by atomic mass is 16.6. The molecule has 21 heavy (non-hydrogen) atoms. The molecule has 0 aromatic heterocycles. The van der Waals surface area contributed by atoms with Gasteiger partial charge in [-0.3, -0.25) is 9.59 Å². The minimum absolute atomic E-state index is 0.297. The van der Waals surface area contributed by atoms with Crippen molar-refractivity contribution in [2.45, 2.75) is 12.5 Å². The quantitative estimate of drug-likeness (QED) is 0.627. The van der Waals surface area contributed by atoms with Crippen LogP contribution < -0.4 is 0 Å². The second-order valence-corrected chi connectivity index (χ2v) is 4.99. The van der Waals surface area contributed by atoms with E-state index in [9.17, 15) is 14.4 Å². The molecule has 0 bridgehead atoms. The Morgan fingerprint density at radius 1 is 0.857 bits per heavy atom. The van der Waals surface area contributed by atoms with Gasteiger partial charge in [-0.1, -0.05) is 42.5 Å². The fourth-order valence-electron chi connectivity index (χ4n) is 2.41. The SMILES string of the molecule is CC1(OC(=O)c2ccccc2)C(=O)c2ccccc2C1=O. The number of Topliss-reactive ketones (excluding diaryl/α,β-unsaturated/α-hetero) is 2. The summed E-state index contributed by atoms with van der Waals surface area (Å²) >= 11 is 0. The van der Waals surface area contributed by atoms with Crippen molar-refractivity contribution in [2.24, 2.45) is 0 Å². The van der Waals surface area contributed by atoms with Crippen molar-refractivity contribution in [2.75, 3.05) is 0 Å². The Balaban J connectivity index is 1.95. The van der Waals surface area contributed by atoms with Gasteiger partial charge in [0.2, 0.25) is 17.2 Å². The topological polar surface area (TPSA) is 60.4 Å². The van der Waals surface area contributed by atoms with Gasteiger partial charge in [0.15, 0.2) is 0 Å². The summed E-state index contributed by atoms with van der Waals surface area (Å²) in [6.45, 7) is 1.35. The Morgan fingerprint density at radius 2 is 1.33 bits per heavy atom. The van der Waals surface area contributed by atoms with Crippen molar-refractivity contribution in [1.82, 2.24) is 0 Å². The summed E-state index contributed by atoms with van der Waals surface area (Å²) in [5.41, 5.74) is -0.886. The molecule has 4 nitrogen and oxygen atoms in total. The summed E-state index contributed by atoms with van der Waals surface area (Å²) in [4.78, 5) is 36.9. The number of hydrogen-bond donors (Lipinski definition) is 0. The highest BCUT2D eigenvalue weighted by Crippen LogP contribution is 2.33. The van der Waals surface area contributed by atoms with E-state index in [-0.39, 0.29) is 0 Å². The van der Waals surface area contributed by atoms with Crippen LogP contribution in [0.3, 0.4) is 0 Å². The molecule has 2 aromatic carbocycles. The smallest absolute Gasteiger partial charge is 0.339 e. The summed E-state index contributed by atoms with van der Waals surface area (Å²) in [7, 11) is 0. The van der Waals surface area contributed by atoms with Crippen LogP contribution in [0.25, 0.3) is 0 Å². The van der Waals surface area contributed by atoms with Crippen LogP contribution in [0, 0.1) is 0 Å². The lowest BCUT2D eigenvalue weighted by atomic mass is 10.0. The zero-order chi connectivity index (χ0) is 15.0. The Hall–Kier alpha value is -2.75. The van der Waals surface area contributed by atoms with E-state index in [1.54, 1.807) is 54.6 Å². The molecule has 104 valence electrons. The molecule has 0 unspecified atom stereocenters. The van der Waals surface area contributed by atoms with Gasteiger partial charge in [0.25, 0.3) is 0 Å². The Labute approximate surface area is 121 Å². The molecule has 1 aliphatic carbocycles. The van der Waals surface area contributed by atoms with Gasteiger partial charge in [-0.25, -0.2) is 4.79 Å². The number of ketones is 2. The normalized spacial score (nSPS) is 15.7.